The molecule has 47 heavy (non-hydrogen) atoms. The molecule has 1 fully saturated rings. The van der Waals surface area contributed by atoms with Crippen LogP contribution in [0, 0.1) is 11.6 Å². The van der Waals surface area contributed by atoms with Crippen molar-refractivity contribution in [3.8, 4) is 0 Å². The van der Waals surface area contributed by atoms with Crippen LogP contribution in [0.15, 0.2) is 71.3 Å². The number of benzene rings is 2. The third-order valence-electron chi connectivity index (χ3n) is 7.56. The Morgan fingerprint density at radius 1 is 1.00 bits per heavy atom. The van der Waals surface area contributed by atoms with Gasteiger partial charge in [-0.1, -0.05) is 30.3 Å². The van der Waals surface area contributed by atoms with Crippen molar-refractivity contribution in [2.45, 2.75) is 37.5 Å². The van der Waals surface area contributed by atoms with Gasteiger partial charge in [0, 0.05) is 32.2 Å². The number of nitrogens with one attached hydrogen (secondary N) is 3. The number of halogens is 5. The molecule has 1 saturated heterocycles. The first-order chi connectivity index (χ1) is 22.5. The van der Waals surface area contributed by atoms with Gasteiger partial charge in [-0.15, -0.1) is 0 Å². The van der Waals surface area contributed by atoms with Crippen molar-refractivity contribution in [2.75, 3.05) is 41.7 Å². The minimum absolute atomic E-state index is 0.116. The van der Waals surface area contributed by atoms with Crippen molar-refractivity contribution in [1.29, 1.82) is 0 Å². The Bertz CT molecular complexity index is 1660. The van der Waals surface area contributed by atoms with Gasteiger partial charge in [0.1, 0.15) is 17.5 Å². The number of piperidine rings is 1. The van der Waals surface area contributed by atoms with Crippen LogP contribution in [-0.4, -0.2) is 53.1 Å². The molecule has 0 spiro atoms. The number of nitrogens with zero attached hydrogens (tertiary/aromatic N) is 3. The number of carbonyl (C=O) groups is 2. The average Bonchev–Trinajstić information content (AvgIpc) is 3.52. The highest BCUT2D eigenvalue weighted by Gasteiger charge is 2.42. The lowest BCUT2D eigenvalue weighted by Gasteiger charge is -2.31. The molecule has 248 valence electrons. The lowest BCUT2D eigenvalue weighted by Crippen LogP contribution is -2.33. The molecule has 1 aliphatic heterocycles. The van der Waals surface area contributed by atoms with Crippen LogP contribution in [0.2, 0.25) is 0 Å². The van der Waals surface area contributed by atoms with Crippen molar-refractivity contribution < 1.29 is 41.1 Å². The van der Waals surface area contributed by atoms with Gasteiger partial charge in [-0.2, -0.15) is 18.2 Å². The molecule has 4 aromatic rings. The van der Waals surface area contributed by atoms with Gasteiger partial charge in [0.15, 0.2) is 11.8 Å². The fraction of sp³-hybridized carbons (Fsp3) is 0.312. The summed E-state index contributed by atoms with van der Waals surface area (Å²) in [4.78, 5) is 34.3. The number of aromatic nitrogens is 2. The minimum Gasteiger partial charge on any atom is -0.417 e. The first kappa shape index (κ1) is 33.3. The quantitative estimate of drug-likeness (QED) is 0.120. The molecule has 2 amide bonds. The highest BCUT2D eigenvalue weighted by molar-refractivity contribution is 6.03. The van der Waals surface area contributed by atoms with E-state index in [-0.39, 0.29) is 29.7 Å². The fourth-order valence-electron chi connectivity index (χ4n) is 5.18. The second-order valence-corrected chi connectivity index (χ2v) is 10.9. The topological polar surface area (TPSA) is 133 Å². The highest BCUT2D eigenvalue weighted by Crippen LogP contribution is 2.36. The van der Waals surface area contributed by atoms with Crippen molar-refractivity contribution in [2.24, 2.45) is 0 Å². The number of oxazole rings is 1. The van der Waals surface area contributed by atoms with Crippen LogP contribution in [0.4, 0.5) is 39.5 Å². The van der Waals surface area contributed by atoms with E-state index in [2.05, 4.69) is 25.9 Å². The number of anilines is 3. The monoisotopic (exact) mass is 658 g/mol. The molecule has 0 aliphatic carbocycles. The van der Waals surface area contributed by atoms with E-state index < -0.39 is 47.2 Å². The van der Waals surface area contributed by atoms with E-state index in [1.807, 2.05) is 30.3 Å². The number of aliphatic hydroxyl groups excluding tert-OH is 1. The van der Waals surface area contributed by atoms with Crippen molar-refractivity contribution >= 4 is 29.3 Å². The number of hydrogen-bond acceptors (Lipinski definition) is 8. The molecule has 2 aromatic carbocycles. The van der Waals surface area contributed by atoms with Gasteiger partial charge < -0.3 is 30.4 Å². The zero-order chi connectivity index (χ0) is 33.6. The second kappa shape index (κ2) is 14.6. The third kappa shape index (κ3) is 8.61. The molecule has 3 heterocycles. The van der Waals surface area contributed by atoms with Gasteiger partial charge in [0.25, 0.3) is 17.8 Å². The number of hydrogen-bond donors (Lipinski definition) is 4. The zero-order valence-electron chi connectivity index (χ0n) is 24.9. The summed E-state index contributed by atoms with van der Waals surface area (Å²) in [5.41, 5.74) is -0.352. The molecule has 4 N–H and O–H groups in total. The average molecular weight is 659 g/mol. The molecule has 0 radical (unpaired) electrons. The summed E-state index contributed by atoms with van der Waals surface area (Å²) in [5.74, 6) is -4.10. The number of pyridine rings is 1. The molecule has 5 rings (SSSR count). The lowest BCUT2D eigenvalue weighted by molar-refractivity contribution is -0.141. The summed E-state index contributed by atoms with van der Waals surface area (Å²) in [7, 11) is 0. The Balaban J connectivity index is 1.11. The van der Waals surface area contributed by atoms with Crippen LogP contribution in [0.5, 0.6) is 0 Å². The van der Waals surface area contributed by atoms with Crippen LogP contribution in [0.3, 0.4) is 0 Å². The summed E-state index contributed by atoms with van der Waals surface area (Å²) in [6.45, 7) is 1.28. The Labute approximate surface area is 266 Å². The second-order valence-electron chi connectivity index (χ2n) is 10.9. The van der Waals surface area contributed by atoms with E-state index in [4.69, 9.17) is 4.42 Å². The maximum absolute atomic E-state index is 13.8. The van der Waals surface area contributed by atoms with Crippen LogP contribution in [-0.2, 0) is 11.0 Å². The molecular weight excluding hydrogens is 627 g/mol. The minimum atomic E-state index is -4.92. The summed E-state index contributed by atoms with van der Waals surface area (Å²) >= 11 is 0. The maximum Gasteiger partial charge on any atom is 0.437 e. The number of carbonyl (C=O) groups excluding carboxylic acids is 2. The van der Waals surface area contributed by atoms with Crippen molar-refractivity contribution in [3.05, 3.63) is 101 Å². The fourth-order valence-corrected chi connectivity index (χ4v) is 5.18. The molecule has 2 aromatic heterocycles. The predicted octanol–water partition coefficient (Wildman–Crippen LogP) is 5.65. The SMILES string of the molecule is O=C(Nc1ccc(NCCCNC(=O)C(O)c2cc(F)cc(F)c2)nc1)c1oc(N2CCC(c3ccccc3)CC2)nc1C(F)(F)F. The molecule has 0 bridgehead atoms. The first-order valence-electron chi connectivity index (χ1n) is 14.8. The van der Waals surface area contributed by atoms with E-state index in [0.717, 1.165) is 17.7 Å². The molecule has 1 unspecified atom stereocenters. The van der Waals surface area contributed by atoms with E-state index in [0.29, 0.717) is 50.8 Å². The van der Waals surface area contributed by atoms with Crippen LogP contribution < -0.4 is 20.9 Å². The van der Waals surface area contributed by atoms with Gasteiger partial charge in [-0.25, -0.2) is 13.8 Å². The van der Waals surface area contributed by atoms with Crippen molar-refractivity contribution in [3.63, 3.8) is 0 Å². The summed E-state index contributed by atoms with van der Waals surface area (Å²) < 4.78 is 73.5. The summed E-state index contributed by atoms with van der Waals surface area (Å²) in [5, 5.41) is 17.8. The number of rotatable bonds is 11. The molecule has 1 aliphatic rings. The van der Waals surface area contributed by atoms with Crippen LogP contribution in [0.25, 0.3) is 0 Å². The smallest absolute Gasteiger partial charge is 0.417 e. The van der Waals surface area contributed by atoms with E-state index in [1.165, 1.54) is 18.3 Å². The molecule has 15 heteroatoms. The normalized spacial score (nSPS) is 14.5. The zero-order valence-corrected chi connectivity index (χ0v) is 24.9. The maximum atomic E-state index is 13.8. The Morgan fingerprint density at radius 3 is 2.34 bits per heavy atom. The molecular formula is C32H31F5N6O4. The van der Waals surface area contributed by atoms with Crippen LogP contribution in [0.1, 0.15) is 58.7 Å². The van der Waals surface area contributed by atoms with Gasteiger partial charge >= 0.3 is 6.18 Å². The van der Waals surface area contributed by atoms with Gasteiger partial charge in [0.05, 0.1) is 11.9 Å². The standard InChI is InChI=1S/C32H31F5N6O4/c33-22-15-21(16-23(34)17-22)26(44)29(45)39-12-4-11-38-25-8-7-24(18-40-25)41-30(46)27-28(32(35,36)37)42-31(47-27)43-13-9-20(10-14-43)19-5-2-1-3-6-19/h1-3,5-8,15-18,20,26,44H,4,9-14H2,(H,38,40)(H,39,45)(H,41,46). The third-order valence-corrected chi connectivity index (χ3v) is 7.56. The van der Waals surface area contributed by atoms with E-state index in [9.17, 15) is 36.6 Å². The Morgan fingerprint density at radius 2 is 1.70 bits per heavy atom. The lowest BCUT2D eigenvalue weighted by atomic mass is 9.90. The summed E-state index contributed by atoms with van der Waals surface area (Å²) in [6, 6.07) is 14.9. The van der Waals surface area contributed by atoms with E-state index in [1.54, 1.807) is 4.90 Å². The predicted molar refractivity (Wildman–Crippen MR) is 162 cm³/mol. The number of alkyl halides is 3. The molecule has 10 nitrogen and oxygen atoms in total. The van der Waals surface area contributed by atoms with Crippen molar-refractivity contribution in [1.82, 2.24) is 15.3 Å². The number of aliphatic hydroxyl groups is 1. The van der Waals surface area contributed by atoms with Gasteiger partial charge in [-0.3, -0.25) is 9.59 Å². The van der Waals surface area contributed by atoms with Crippen LogP contribution >= 0.6 is 0 Å². The number of amides is 2. The Kier molecular flexibility index (Phi) is 10.3. The molecule has 0 saturated carbocycles. The van der Waals surface area contributed by atoms with E-state index >= 15 is 0 Å². The highest BCUT2D eigenvalue weighted by atomic mass is 19.4. The largest absolute Gasteiger partial charge is 0.437 e. The molecule has 1 atom stereocenters. The van der Waals surface area contributed by atoms with Gasteiger partial charge in [0.2, 0.25) is 5.76 Å². The Hall–Kier alpha value is -5.05. The first-order valence-corrected chi connectivity index (χ1v) is 14.8. The van der Waals surface area contributed by atoms with Gasteiger partial charge in [-0.05, 0) is 60.6 Å². The summed E-state index contributed by atoms with van der Waals surface area (Å²) in [6.07, 6.45) is -3.65.